The largest absolute Gasteiger partial charge is 0.497 e. The van der Waals surface area contributed by atoms with E-state index in [1.54, 1.807) is 44.4 Å². The molecule has 0 saturated heterocycles. The molecule has 142 valence electrons. The quantitative estimate of drug-likeness (QED) is 0.293. The van der Waals surface area contributed by atoms with E-state index in [1.807, 2.05) is 29.8 Å². The molecule has 1 aromatic carbocycles. The minimum Gasteiger partial charge on any atom is -0.497 e. The highest BCUT2D eigenvalue weighted by molar-refractivity contribution is 8.00. The Morgan fingerprint density at radius 3 is 2.85 bits per heavy atom. The Labute approximate surface area is 163 Å². The van der Waals surface area contributed by atoms with Gasteiger partial charge in [0, 0.05) is 36.5 Å². The molecule has 0 spiro atoms. The summed E-state index contributed by atoms with van der Waals surface area (Å²) in [7, 11) is 5.11. The highest BCUT2D eigenvalue weighted by atomic mass is 32.2. The van der Waals surface area contributed by atoms with Gasteiger partial charge in [-0.3, -0.25) is 4.99 Å². The number of guanidine groups is 1. The molecule has 0 aliphatic heterocycles. The van der Waals surface area contributed by atoms with Crippen molar-refractivity contribution in [1.82, 2.24) is 15.6 Å². The Kier molecular flexibility index (Phi) is 8.57. The van der Waals surface area contributed by atoms with Crippen molar-refractivity contribution >= 4 is 29.1 Å². The molecule has 0 aliphatic carbocycles. The van der Waals surface area contributed by atoms with Crippen LogP contribution >= 0.6 is 23.1 Å². The number of hydrogen-bond donors (Lipinski definition) is 2. The number of benzene rings is 1. The summed E-state index contributed by atoms with van der Waals surface area (Å²) in [4.78, 5) is 8.58. The summed E-state index contributed by atoms with van der Waals surface area (Å²) in [6.45, 7) is 2.92. The third-order valence-electron chi connectivity index (χ3n) is 3.73. The first kappa shape index (κ1) is 20.4. The number of hydrogen-bond acceptors (Lipinski definition) is 6. The number of thiazole rings is 1. The average molecular weight is 395 g/mol. The normalized spacial score (nSPS) is 12.5. The van der Waals surface area contributed by atoms with Gasteiger partial charge >= 0.3 is 0 Å². The van der Waals surface area contributed by atoms with Crippen LogP contribution in [0, 0.1) is 0 Å². The van der Waals surface area contributed by atoms with E-state index in [1.165, 1.54) is 0 Å². The standard InChI is InChI=1S/C18H26N4O2S2/c1-13(15-12-14(23-3)6-7-16(15)24-4)22-17(19-2)20-8-5-10-25-18-21-9-11-26-18/h6-7,9,11-13H,5,8,10H2,1-4H3,(H2,19,20,22). The molecule has 2 aromatic rings. The zero-order valence-corrected chi connectivity index (χ0v) is 17.2. The second-order valence-corrected chi connectivity index (χ2v) is 7.71. The fourth-order valence-corrected chi connectivity index (χ4v) is 4.02. The highest BCUT2D eigenvalue weighted by Crippen LogP contribution is 2.29. The molecule has 2 N–H and O–H groups in total. The predicted molar refractivity (Wildman–Crippen MR) is 110 cm³/mol. The zero-order valence-electron chi connectivity index (χ0n) is 15.6. The summed E-state index contributed by atoms with van der Waals surface area (Å²) in [5.41, 5.74) is 1.02. The lowest BCUT2D eigenvalue weighted by Crippen LogP contribution is -2.39. The van der Waals surface area contributed by atoms with Gasteiger partial charge in [0.25, 0.3) is 0 Å². The van der Waals surface area contributed by atoms with Gasteiger partial charge in [-0.25, -0.2) is 4.98 Å². The molecule has 0 bridgehead atoms. The van der Waals surface area contributed by atoms with Crippen molar-refractivity contribution in [2.45, 2.75) is 23.7 Å². The molecular weight excluding hydrogens is 368 g/mol. The highest BCUT2D eigenvalue weighted by Gasteiger charge is 2.14. The van der Waals surface area contributed by atoms with Gasteiger partial charge < -0.3 is 20.1 Å². The maximum Gasteiger partial charge on any atom is 0.191 e. The molecule has 1 aromatic heterocycles. The van der Waals surface area contributed by atoms with Crippen molar-refractivity contribution in [1.29, 1.82) is 0 Å². The molecule has 0 aliphatic rings. The Hall–Kier alpha value is -1.93. The predicted octanol–water partition coefficient (Wildman–Crippen LogP) is 3.57. The van der Waals surface area contributed by atoms with Crippen molar-refractivity contribution < 1.29 is 9.47 Å². The second-order valence-electron chi connectivity index (χ2n) is 5.47. The topological polar surface area (TPSA) is 67.8 Å². The maximum absolute atomic E-state index is 5.47. The fourth-order valence-electron chi connectivity index (χ4n) is 2.38. The molecule has 0 amide bonds. The maximum atomic E-state index is 5.47. The van der Waals surface area contributed by atoms with Crippen LogP contribution in [0.3, 0.4) is 0 Å². The van der Waals surface area contributed by atoms with Crippen LogP contribution in [0.1, 0.15) is 24.9 Å². The molecule has 1 atom stereocenters. The molecule has 6 nitrogen and oxygen atoms in total. The van der Waals surface area contributed by atoms with Gasteiger partial charge in [0.1, 0.15) is 15.8 Å². The summed E-state index contributed by atoms with van der Waals surface area (Å²) in [6, 6.07) is 5.81. The Bertz CT molecular complexity index is 693. The number of ether oxygens (including phenoxy) is 2. The molecule has 0 saturated carbocycles. The first-order valence-electron chi connectivity index (χ1n) is 8.39. The first-order chi connectivity index (χ1) is 12.7. The number of aromatic nitrogens is 1. The number of rotatable bonds is 9. The summed E-state index contributed by atoms with van der Waals surface area (Å²) in [5, 5.41) is 8.75. The molecule has 0 radical (unpaired) electrons. The van der Waals surface area contributed by atoms with Crippen molar-refractivity contribution in [2.24, 2.45) is 4.99 Å². The number of nitrogens with zero attached hydrogens (tertiary/aromatic N) is 2. The number of thioether (sulfide) groups is 1. The van der Waals surface area contributed by atoms with E-state index >= 15 is 0 Å². The minimum atomic E-state index is 0.0240. The molecule has 8 heteroatoms. The summed E-state index contributed by atoms with van der Waals surface area (Å²) < 4.78 is 11.9. The molecule has 26 heavy (non-hydrogen) atoms. The number of nitrogens with one attached hydrogen (secondary N) is 2. The van der Waals surface area contributed by atoms with Crippen LogP contribution in [0.2, 0.25) is 0 Å². The van der Waals surface area contributed by atoms with Gasteiger partial charge in [-0.2, -0.15) is 0 Å². The van der Waals surface area contributed by atoms with Gasteiger partial charge in [-0.15, -0.1) is 11.3 Å². The zero-order chi connectivity index (χ0) is 18.8. The number of methoxy groups -OCH3 is 2. The summed E-state index contributed by atoms with van der Waals surface area (Å²) in [5.74, 6) is 3.41. The molecule has 1 heterocycles. The van der Waals surface area contributed by atoms with Crippen LogP contribution in [0.5, 0.6) is 11.5 Å². The average Bonchev–Trinajstić information content (AvgIpc) is 3.19. The smallest absolute Gasteiger partial charge is 0.191 e. The Morgan fingerprint density at radius 2 is 2.19 bits per heavy atom. The van der Waals surface area contributed by atoms with E-state index in [0.29, 0.717) is 0 Å². The molecule has 1 unspecified atom stereocenters. The van der Waals surface area contributed by atoms with E-state index in [2.05, 4.69) is 27.5 Å². The second kappa shape index (κ2) is 10.9. The fraction of sp³-hybridized carbons (Fsp3) is 0.444. The van der Waals surface area contributed by atoms with E-state index in [4.69, 9.17) is 9.47 Å². The van der Waals surface area contributed by atoms with Crippen LogP contribution in [-0.2, 0) is 0 Å². The monoisotopic (exact) mass is 394 g/mol. The Balaban J connectivity index is 1.83. The van der Waals surface area contributed by atoms with Crippen LogP contribution in [0.4, 0.5) is 0 Å². The van der Waals surface area contributed by atoms with Gasteiger partial charge in [0.15, 0.2) is 5.96 Å². The number of aliphatic imine (C=N–C) groups is 1. The summed E-state index contributed by atoms with van der Waals surface area (Å²) >= 11 is 3.46. The van der Waals surface area contributed by atoms with E-state index in [0.717, 1.165) is 46.1 Å². The van der Waals surface area contributed by atoms with Gasteiger partial charge in [0.2, 0.25) is 0 Å². The van der Waals surface area contributed by atoms with E-state index in [9.17, 15) is 0 Å². The third-order valence-corrected chi connectivity index (χ3v) is 5.78. The van der Waals surface area contributed by atoms with Crippen molar-refractivity contribution in [3.8, 4) is 11.5 Å². The van der Waals surface area contributed by atoms with Crippen molar-refractivity contribution in [2.75, 3.05) is 33.6 Å². The van der Waals surface area contributed by atoms with Crippen LogP contribution in [-0.4, -0.2) is 44.5 Å². The van der Waals surface area contributed by atoms with E-state index in [-0.39, 0.29) is 6.04 Å². The lowest BCUT2D eigenvalue weighted by molar-refractivity contribution is 0.394. The van der Waals surface area contributed by atoms with Crippen molar-refractivity contribution in [3.63, 3.8) is 0 Å². The van der Waals surface area contributed by atoms with Crippen LogP contribution < -0.4 is 20.1 Å². The first-order valence-corrected chi connectivity index (χ1v) is 10.3. The summed E-state index contributed by atoms with van der Waals surface area (Å²) in [6.07, 6.45) is 2.87. The van der Waals surface area contributed by atoms with Crippen LogP contribution in [0.15, 0.2) is 39.1 Å². The molecular formula is C18H26N4O2S2. The minimum absolute atomic E-state index is 0.0240. The molecule has 2 rings (SSSR count). The van der Waals surface area contributed by atoms with Gasteiger partial charge in [-0.1, -0.05) is 11.8 Å². The molecule has 0 fully saturated rings. The van der Waals surface area contributed by atoms with Crippen molar-refractivity contribution in [3.05, 3.63) is 35.3 Å². The van der Waals surface area contributed by atoms with Gasteiger partial charge in [-0.05, 0) is 31.5 Å². The third kappa shape index (κ3) is 6.10. The SMILES string of the molecule is CN=C(NCCCSc1nccs1)NC(C)c1cc(OC)ccc1OC. The lowest BCUT2D eigenvalue weighted by Gasteiger charge is -2.20. The van der Waals surface area contributed by atoms with Gasteiger partial charge in [0.05, 0.1) is 20.3 Å². The van der Waals surface area contributed by atoms with E-state index < -0.39 is 0 Å². The van der Waals surface area contributed by atoms with Crippen LogP contribution in [0.25, 0.3) is 0 Å². The lowest BCUT2D eigenvalue weighted by atomic mass is 10.1. The Morgan fingerprint density at radius 1 is 1.35 bits per heavy atom.